The summed E-state index contributed by atoms with van der Waals surface area (Å²) >= 11 is 0. The number of aliphatic hydroxyl groups is 3. The lowest BCUT2D eigenvalue weighted by Crippen LogP contribution is -2.33. The number of nitrogens with one attached hydrogen (secondary N) is 1. The maximum atomic E-state index is 10.2. The smallest absolute Gasteiger partial charge is 0.167 e. The van der Waals surface area contributed by atoms with Crippen LogP contribution in [0.2, 0.25) is 0 Å². The first-order chi connectivity index (χ1) is 14.2. The normalized spacial score (nSPS) is 29.8. The van der Waals surface area contributed by atoms with Crippen molar-refractivity contribution >= 4 is 17.0 Å². The predicted octanol–water partition coefficient (Wildman–Crippen LogP) is -0.357. The summed E-state index contributed by atoms with van der Waals surface area (Å²) in [6.07, 6.45) is -3.05. The Morgan fingerprint density at radius 2 is 2.20 bits per heavy atom. The van der Waals surface area contributed by atoms with Crippen LogP contribution in [-0.2, 0) is 11.2 Å². The van der Waals surface area contributed by atoms with E-state index in [-0.39, 0.29) is 17.0 Å². The molecule has 0 aliphatic carbocycles. The van der Waals surface area contributed by atoms with E-state index in [2.05, 4.69) is 20.3 Å². The van der Waals surface area contributed by atoms with Crippen molar-refractivity contribution in [1.82, 2.24) is 19.5 Å². The summed E-state index contributed by atoms with van der Waals surface area (Å²) in [5.74, 6) is -0.642. The van der Waals surface area contributed by atoms with Gasteiger partial charge in [-0.3, -0.25) is 4.57 Å². The number of aromatic nitrogens is 4. The van der Waals surface area contributed by atoms with E-state index in [0.717, 1.165) is 6.33 Å². The fourth-order valence-electron chi connectivity index (χ4n) is 2.60. The summed E-state index contributed by atoms with van der Waals surface area (Å²) in [7, 11) is 0. The third-order valence-electron chi connectivity index (χ3n) is 3.82. The van der Waals surface area contributed by atoms with E-state index in [1.165, 1.54) is 10.9 Å². The number of ether oxygens (including phenoxy) is 1. The van der Waals surface area contributed by atoms with E-state index >= 15 is 0 Å². The van der Waals surface area contributed by atoms with Gasteiger partial charge in [0.2, 0.25) is 0 Å². The Kier molecular flexibility index (Phi) is 2.86. The standard InChI is InChI=1S/C15H17N5O5/c21-5-9-11(22)12(23)15(25-9)20-7-19-10-13(17-6-18-14(10)20)16-4-8-2-1-3-24-8/h1-3,6-7,9,11-12,15,21-23H,4-5H2,(H,16,17,18)/t9-,11-,12-,15-/m1/s1/i1D,2D,3D,4D2. The molecule has 1 fully saturated rings. The van der Waals surface area contributed by atoms with Gasteiger partial charge in [-0.2, -0.15) is 0 Å². The number of furan rings is 1. The first kappa shape index (κ1) is 11.2. The van der Waals surface area contributed by atoms with Crippen LogP contribution in [0, 0.1) is 0 Å². The molecular weight excluding hydrogens is 330 g/mol. The molecule has 0 aromatic carbocycles. The van der Waals surface area contributed by atoms with E-state index < -0.39 is 61.7 Å². The highest BCUT2D eigenvalue weighted by molar-refractivity contribution is 5.82. The molecule has 4 heterocycles. The van der Waals surface area contributed by atoms with E-state index in [1.54, 1.807) is 0 Å². The molecule has 4 atom stereocenters. The highest BCUT2D eigenvalue weighted by Gasteiger charge is 2.44. The summed E-state index contributed by atoms with van der Waals surface area (Å²) in [6, 6.07) is -1.11. The number of hydrogen-bond acceptors (Lipinski definition) is 9. The van der Waals surface area contributed by atoms with Gasteiger partial charge in [-0.1, -0.05) is 0 Å². The molecule has 0 unspecified atom stereocenters. The fraction of sp³-hybridized carbons (Fsp3) is 0.400. The van der Waals surface area contributed by atoms with Gasteiger partial charge in [0.1, 0.15) is 31.8 Å². The molecule has 4 rings (SSSR count). The number of nitrogens with zero attached hydrogens (tertiary/aromatic N) is 4. The number of fused-ring (bicyclic) bond motifs is 1. The van der Waals surface area contributed by atoms with Gasteiger partial charge in [-0.25, -0.2) is 15.0 Å². The maximum absolute atomic E-state index is 10.2. The zero-order valence-electron chi connectivity index (χ0n) is 17.6. The maximum Gasteiger partial charge on any atom is 0.167 e. The second-order valence-electron chi connectivity index (χ2n) is 5.31. The van der Waals surface area contributed by atoms with E-state index in [0.29, 0.717) is 0 Å². The molecule has 1 aliphatic heterocycles. The average Bonchev–Trinajstić information content (AvgIpc) is 3.34. The summed E-state index contributed by atoms with van der Waals surface area (Å²) in [4.78, 5) is 12.1. The van der Waals surface area contributed by atoms with E-state index in [4.69, 9.17) is 16.0 Å². The van der Waals surface area contributed by atoms with Crippen LogP contribution in [0.15, 0.2) is 35.4 Å². The van der Waals surface area contributed by atoms with Crippen LogP contribution >= 0.6 is 0 Å². The van der Waals surface area contributed by atoms with Crippen LogP contribution in [-0.4, -0.2) is 59.8 Å². The van der Waals surface area contributed by atoms with Crippen molar-refractivity contribution in [1.29, 1.82) is 0 Å². The topological polar surface area (TPSA) is 139 Å². The lowest BCUT2D eigenvalue weighted by molar-refractivity contribution is -0.0511. The number of hydrogen-bond donors (Lipinski definition) is 4. The van der Waals surface area contributed by atoms with Crippen molar-refractivity contribution in [2.75, 3.05) is 11.9 Å². The minimum atomic E-state index is -2.50. The lowest BCUT2D eigenvalue weighted by atomic mass is 10.1. The summed E-state index contributed by atoms with van der Waals surface area (Å²) < 4.78 is 50.8. The molecule has 10 nitrogen and oxygen atoms in total. The summed E-state index contributed by atoms with van der Waals surface area (Å²) in [5, 5.41) is 31.9. The highest BCUT2D eigenvalue weighted by Crippen LogP contribution is 2.32. The average molecular weight is 352 g/mol. The van der Waals surface area contributed by atoms with Crippen molar-refractivity contribution in [3.8, 4) is 0 Å². The molecular formula is C15H17N5O5. The molecule has 0 radical (unpaired) electrons. The highest BCUT2D eigenvalue weighted by atomic mass is 16.6. The molecule has 0 spiro atoms. The Bertz CT molecular complexity index is 1090. The van der Waals surface area contributed by atoms with Gasteiger partial charge in [0.25, 0.3) is 0 Å². The van der Waals surface area contributed by atoms with Gasteiger partial charge >= 0.3 is 0 Å². The molecule has 25 heavy (non-hydrogen) atoms. The largest absolute Gasteiger partial charge is 0.467 e. The molecule has 4 N–H and O–H groups in total. The lowest BCUT2D eigenvalue weighted by Gasteiger charge is -2.16. The van der Waals surface area contributed by atoms with Crippen LogP contribution < -0.4 is 5.32 Å². The zero-order valence-corrected chi connectivity index (χ0v) is 12.6. The van der Waals surface area contributed by atoms with Gasteiger partial charge in [-0.15, -0.1) is 0 Å². The molecule has 1 aliphatic rings. The van der Waals surface area contributed by atoms with Gasteiger partial charge in [0, 0.05) is 0 Å². The molecule has 1 saturated heterocycles. The minimum Gasteiger partial charge on any atom is -0.467 e. The fourth-order valence-corrected chi connectivity index (χ4v) is 2.60. The SMILES string of the molecule is [2H]c1oc(C([2H])([2H])Nc2ncnc3c2ncn3[C@@H]2O[C@H](CO)[C@@H](O)[C@H]2O)c([2H])c1[2H]. The Balaban J connectivity index is 1.70. The number of aliphatic hydroxyl groups excluding tert-OH is 3. The first-order valence-electron chi connectivity index (χ1n) is 9.81. The van der Waals surface area contributed by atoms with Crippen LogP contribution in [0.1, 0.15) is 18.8 Å². The third-order valence-corrected chi connectivity index (χ3v) is 3.82. The van der Waals surface area contributed by atoms with Crippen molar-refractivity contribution in [2.45, 2.75) is 31.0 Å². The van der Waals surface area contributed by atoms with Crippen LogP contribution in [0.25, 0.3) is 11.2 Å². The molecule has 132 valence electrons. The van der Waals surface area contributed by atoms with Crippen molar-refractivity contribution in [3.05, 3.63) is 36.7 Å². The van der Waals surface area contributed by atoms with E-state index in [1.807, 2.05) is 0 Å². The molecule has 10 heteroatoms. The second kappa shape index (κ2) is 6.41. The number of anilines is 1. The van der Waals surface area contributed by atoms with Gasteiger partial charge in [0.15, 0.2) is 23.2 Å². The zero-order chi connectivity index (χ0) is 21.8. The second-order valence-corrected chi connectivity index (χ2v) is 5.31. The Labute approximate surface area is 148 Å². The van der Waals surface area contributed by atoms with Crippen molar-refractivity contribution in [2.24, 2.45) is 0 Å². The predicted molar refractivity (Wildman–Crippen MR) is 84.4 cm³/mol. The molecule has 3 aromatic heterocycles. The summed E-state index contributed by atoms with van der Waals surface area (Å²) in [5.41, 5.74) is 0.237. The Morgan fingerprint density at radius 1 is 1.32 bits per heavy atom. The monoisotopic (exact) mass is 352 g/mol. The van der Waals surface area contributed by atoms with Crippen LogP contribution in [0.4, 0.5) is 5.82 Å². The van der Waals surface area contributed by atoms with E-state index in [9.17, 15) is 15.3 Å². The van der Waals surface area contributed by atoms with Gasteiger partial charge in [-0.05, 0) is 12.1 Å². The van der Waals surface area contributed by atoms with Crippen molar-refractivity contribution in [3.63, 3.8) is 0 Å². The number of imidazole rings is 1. The molecule has 0 amide bonds. The Hall–Kier alpha value is -2.53. The molecule has 0 saturated carbocycles. The molecule has 3 aromatic rings. The van der Waals surface area contributed by atoms with Crippen molar-refractivity contribution < 1.29 is 31.3 Å². The summed E-state index contributed by atoms with van der Waals surface area (Å²) in [6.45, 7) is -3.00. The Morgan fingerprint density at radius 3 is 2.92 bits per heavy atom. The van der Waals surface area contributed by atoms with Crippen LogP contribution in [0.3, 0.4) is 0 Å². The molecule has 0 bridgehead atoms. The minimum absolute atomic E-state index is 0.0793. The first-order valence-corrected chi connectivity index (χ1v) is 7.31. The quantitative estimate of drug-likeness (QED) is 0.485. The number of rotatable bonds is 5. The van der Waals surface area contributed by atoms with Gasteiger partial charge < -0.3 is 29.8 Å². The van der Waals surface area contributed by atoms with Gasteiger partial charge in [0.05, 0.1) is 31.2 Å². The van der Waals surface area contributed by atoms with Crippen LogP contribution in [0.5, 0.6) is 0 Å². The third kappa shape index (κ3) is 2.74.